The quantitative estimate of drug-likeness (QED) is 0.137. The zero-order valence-corrected chi connectivity index (χ0v) is 35.9. The van der Waals surface area contributed by atoms with Crippen molar-refractivity contribution >= 4 is 62.6 Å². The first-order valence-corrected chi connectivity index (χ1v) is 20.7. The van der Waals surface area contributed by atoms with E-state index in [1.54, 1.807) is 16.5 Å². The fraction of sp³-hybridized carbons (Fsp3) is 0.400. The standard InChI is InChI=1S/C45H50Cl2N6O5/c1-24-20-31(21-25(2)39(24)47)57-19-9-10-32-33-12-13-35(46)38(37-27(4)48-51(8)28(37)5)40(33)53-26(3)23-52(44(54)42(32)53)41-34-22-30(58-29-15-17-49(6)18-16-29)11-14-36(34)50(7)43(41)45(55)56/h11-14,20-22,26,29H,9-10,15-19,23H2,1-8H3,(H,55,56)/t26-/m1/s1. The number of carbonyl (C=O) groups excluding carboxylic acids is 1. The molecule has 13 heteroatoms. The van der Waals surface area contributed by atoms with Gasteiger partial charge in [0.25, 0.3) is 5.91 Å². The van der Waals surface area contributed by atoms with E-state index in [-0.39, 0.29) is 30.3 Å². The molecule has 2 aliphatic heterocycles. The number of aromatic nitrogens is 4. The van der Waals surface area contributed by atoms with Gasteiger partial charge in [-0.2, -0.15) is 5.10 Å². The number of piperidine rings is 1. The van der Waals surface area contributed by atoms with Gasteiger partial charge in [-0.1, -0.05) is 29.3 Å². The maximum atomic E-state index is 15.4. The highest BCUT2D eigenvalue weighted by Crippen LogP contribution is 2.46. The Morgan fingerprint density at radius 3 is 2.29 bits per heavy atom. The minimum Gasteiger partial charge on any atom is -0.494 e. The average molecular weight is 826 g/mol. The molecule has 1 N–H and O–H groups in total. The van der Waals surface area contributed by atoms with Crippen LogP contribution < -0.4 is 14.4 Å². The monoisotopic (exact) mass is 824 g/mol. The van der Waals surface area contributed by atoms with Crippen molar-refractivity contribution in [1.29, 1.82) is 0 Å². The Hall–Kier alpha value is -4.97. The Morgan fingerprint density at radius 2 is 1.64 bits per heavy atom. The number of nitrogens with zero attached hydrogens (tertiary/aromatic N) is 6. The molecule has 1 atom stereocenters. The molecule has 1 saturated heterocycles. The van der Waals surface area contributed by atoms with Crippen LogP contribution in [0.3, 0.4) is 0 Å². The summed E-state index contributed by atoms with van der Waals surface area (Å²) in [6.07, 6.45) is 3.00. The molecule has 11 nitrogen and oxygen atoms in total. The van der Waals surface area contributed by atoms with Crippen molar-refractivity contribution in [3.63, 3.8) is 0 Å². The van der Waals surface area contributed by atoms with Crippen molar-refractivity contribution in [1.82, 2.24) is 23.8 Å². The minimum atomic E-state index is -1.11. The van der Waals surface area contributed by atoms with Crippen LogP contribution in [0.15, 0.2) is 42.5 Å². The van der Waals surface area contributed by atoms with E-state index >= 15 is 4.79 Å². The number of hydrogen-bond acceptors (Lipinski definition) is 6. The number of benzene rings is 3. The number of likely N-dealkylation sites (tertiary alicyclic amines) is 1. The predicted molar refractivity (Wildman–Crippen MR) is 231 cm³/mol. The third-order valence-corrected chi connectivity index (χ3v) is 13.1. The molecule has 0 radical (unpaired) electrons. The molecule has 6 aromatic rings. The maximum Gasteiger partial charge on any atom is 0.354 e. The average Bonchev–Trinajstić information content (AvgIpc) is 3.76. The molecule has 1 amide bonds. The van der Waals surface area contributed by atoms with Gasteiger partial charge in [0.15, 0.2) is 5.69 Å². The van der Waals surface area contributed by atoms with Crippen LogP contribution in [0.2, 0.25) is 10.0 Å². The first kappa shape index (κ1) is 39.8. The van der Waals surface area contributed by atoms with Crippen LogP contribution in [0.25, 0.3) is 32.9 Å². The highest BCUT2D eigenvalue weighted by molar-refractivity contribution is 6.35. The molecule has 3 aromatic heterocycles. The molecule has 0 unspecified atom stereocenters. The van der Waals surface area contributed by atoms with Gasteiger partial charge in [0.05, 0.1) is 34.0 Å². The first-order chi connectivity index (χ1) is 27.7. The molecule has 8 rings (SSSR count). The second-order valence-electron chi connectivity index (χ2n) is 16.1. The van der Waals surface area contributed by atoms with E-state index in [4.69, 9.17) is 37.8 Å². The number of carbonyl (C=O) groups is 2. The normalized spacial score (nSPS) is 16.5. The lowest BCUT2D eigenvalue weighted by atomic mass is 9.98. The van der Waals surface area contributed by atoms with Crippen LogP contribution in [0.1, 0.15) is 81.3 Å². The number of ether oxygens (including phenoxy) is 2. The second-order valence-corrected chi connectivity index (χ2v) is 16.9. The summed E-state index contributed by atoms with van der Waals surface area (Å²) in [7, 11) is 5.77. The van der Waals surface area contributed by atoms with Gasteiger partial charge in [-0.15, -0.1) is 0 Å². The lowest BCUT2D eigenvalue weighted by molar-refractivity contribution is 0.0687. The van der Waals surface area contributed by atoms with Gasteiger partial charge >= 0.3 is 5.97 Å². The van der Waals surface area contributed by atoms with E-state index in [1.165, 1.54) is 0 Å². The summed E-state index contributed by atoms with van der Waals surface area (Å²) in [5.74, 6) is 0.0184. The van der Waals surface area contributed by atoms with E-state index in [0.717, 1.165) is 86.8 Å². The number of halogens is 2. The number of aromatic carboxylic acids is 1. The van der Waals surface area contributed by atoms with Crippen molar-refractivity contribution in [2.75, 3.05) is 38.2 Å². The fourth-order valence-corrected chi connectivity index (χ4v) is 9.57. The number of fused-ring (bicyclic) bond motifs is 4. The number of aryl methyl sites for hydroxylation is 6. The molecule has 0 aliphatic carbocycles. The zero-order chi connectivity index (χ0) is 41.3. The molecule has 58 heavy (non-hydrogen) atoms. The molecule has 3 aromatic carbocycles. The van der Waals surface area contributed by atoms with Crippen LogP contribution in [-0.2, 0) is 20.5 Å². The summed E-state index contributed by atoms with van der Waals surface area (Å²) in [6.45, 7) is 12.5. The van der Waals surface area contributed by atoms with Crippen LogP contribution >= 0.6 is 23.2 Å². The summed E-state index contributed by atoms with van der Waals surface area (Å²) in [6, 6.07) is 13.2. The number of hydrogen-bond donors (Lipinski definition) is 1. The Bertz CT molecular complexity index is 2610. The van der Waals surface area contributed by atoms with Crippen LogP contribution in [0.4, 0.5) is 5.69 Å². The summed E-state index contributed by atoms with van der Waals surface area (Å²) >= 11 is 13.6. The summed E-state index contributed by atoms with van der Waals surface area (Å²) < 4.78 is 18.4. The molecule has 5 heterocycles. The number of carboxylic acid groups (broad SMARTS) is 1. The molecular formula is C45H50Cl2N6O5. The van der Waals surface area contributed by atoms with E-state index in [1.807, 2.05) is 81.9 Å². The number of rotatable bonds is 10. The van der Waals surface area contributed by atoms with Crippen molar-refractivity contribution in [2.24, 2.45) is 14.1 Å². The number of amides is 1. The van der Waals surface area contributed by atoms with Crippen LogP contribution in [0, 0.1) is 27.7 Å². The lowest BCUT2D eigenvalue weighted by Gasteiger charge is -2.34. The fourth-order valence-electron chi connectivity index (χ4n) is 9.21. The SMILES string of the molecule is Cc1cc(OCCCc2c3n(c4c(-c5c(C)nn(C)c5C)c(Cl)ccc24)[C@H](C)CN(c2c(C(=O)O)n(C)c4ccc(OC5CCN(C)CC5)cc24)C3=O)cc(C)c1Cl. The van der Waals surface area contributed by atoms with Crippen molar-refractivity contribution in [3.05, 3.63) is 92.0 Å². The Balaban J connectivity index is 1.26. The molecule has 304 valence electrons. The Labute approximate surface area is 348 Å². The molecule has 0 saturated carbocycles. The Morgan fingerprint density at radius 1 is 0.931 bits per heavy atom. The minimum absolute atomic E-state index is 0.0467. The van der Waals surface area contributed by atoms with Crippen LogP contribution in [-0.4, -0.2) is 80.2 Å². The largest absolute Gasteiger partial charge is 0.494 e. The molecule has 1 fully saturated rings. The molecule has 0 spiro atoms. The summed E-state index contributed by atoms with van der Waals surface area (Å²) in [5, 5.41) is 18.3. The zero-order valence-electron chi connectivity index (χ0n) is 34.4. The van der Waals surface area contributed by atoms with E-state index in [2.05, 4.69) is 23.4 Å². The topological polar surface area (TPSA) is 107 Å². The summed E-state index contributed by atoms with van der Waals surface area (Å²) in [5.41, 5.74) is 8.83. The van der Waals surface area contributed by atoms with Crippen LogP contribution in [0.5, 0.6) is 11.5 Å². The number of carboxylic acids is 1. The summed E-state index contributed by atoms with van der Waals surface area (Å²) in [4.78, 5) is 32.5. The molecular weight excluding hydrogens is 775 g/mol. The highest BCUT2D eigenvalue weighted by Gasteiger charge is 2.40. The predicted octanol–water partition coefficient (Wildman–Crippen LogP) is 9.48. The smallest absolute Gasteiger partial charge is 0.354 e. The first-order valence-electron chi connectivity index (χ1n) is 19.9. The highest BCUT2D eigenvalue weighted by atomic mass is 35.5. The van der Waals surface area contributed by atoms with E-state index in [0.29, 0.717) is 52.5 Å². The molecule has 2 aliphatic rings. The van der Waals surface area contributed by atoms with Gasteiger partial charge in [0, 0.05) is 72.4 Å². The van der Waals surface area contributed by atoms with Gasteiger partial charge in [-0.3, -0.25) is 9.48 Å². The lowest BCUT2D eigenvalue weighted by Crippen LogP contribution is -2.43. The molecule has 0 bridgehead atoms. The number of anilines is 1. The van der Waals surface area contributed by atoms with Gasteiger partial charge in [-0.25, -0.2) is 4.79 Å². The van der Waals surface area contributed by atoms with Crippen molar-refractivity contribution in [2.45, 2.75) is 72.4 Å². The van der Waals surface area contributed by atoms with Gasteiger partial charge < -0.3 is 33.5 Å². The Kier molecular flexibility index (Phi) is 10.5. The van der Waals surface area contributed by atoms with Crippen molar-refractivity contribution in [3.8, 4) is 22.6 Å². The third kappa shape index (κ3) is 6.70. The maximum absolute atomic E-state index is 15.4. The van der Waals surface area contributed by atoms with Gasteiger partial charge in [0.2, 0.25) is 0 Å². The second kappa shape index (κ2) is 15.3. The van der Waals surface area contributed by atoms with E-state index in [9.17, 15) is 9.90 Å². The van der Waals surface area contributed by atoms with Gasteiger partial charge in [0.1, 0.15) is 23.3 Å². The third-order valence-electron chi connectivity index (χ3n) is 12.1. The van der Waals surface area contributed by atoms with E-state index < -0.39 is 5.97 Å². The van der Waals surface area contributed by atoms with Gasteiger partial charge in [-0.05, 0) is 120 Å². The van der Waals surface area contributed by atoms with Crippen molar-refractivity contribution < 1.29 is 24.2 Å².